The fourth-order valence-corrected chi connectivity index (χ4v) is 4.24. The quantitative estimate of drug-likeness (QED) is 0.512. The zero-order valence-electron chi connectivity index (χ0n) is 16.2. The van der Waals surface area contributed by atoms with Gasteiger partial charge in [0.05, 0.1) is 31.3 Å². The first kappa shape index (κ1) is 19.0. The van der Waals surface area contributed by atoms with Crippen LogP contribution in [0.5, 0.6) is 11.5 Å². The van der Waals surface area contributed by atoms with Crippen LogP contribution in [0.4, 0.5) is 0 Å². The van der Waals surface area contributed by atoms with Crippen molar-refractivity contribution < 1.29 is 29.1 Å². The Bertz CT molecular complexity index is 1020. The standard InChI is InChI=1S/C19H21BN4O6/c1-19(21,14-5-22-8-23-14)18(27)24-6-9(7-24)29-13-3-2-10-11-4-12(11)20(28)30-16(10)15(13)17(25)26/h2-3,5,8-9,11-12,28H,4,6-7,21H2,1H3,(H,22,23)(H,25,26). The molecular weight excluding hydrogens is 391 g/mol. The first-order valence-electron chi connectivity index (χ1n) is 9.76. The van der Waals surface area contributed by atoms with Crippen LogP contribution in [0.25, 0.3) is 0 Å². The summed E-state index contributed by atoms with van der Waals surface area (Å²) in [4.78, 5) is 33.0. The average Bonchev–Trinajstić information content (AvgIpc) is 3.28. The van der Waals surface area contributed by atoms with E-state index in [2.05, 4.69) is 9.97 Å². The van der Waals surface area contributed by atoms with Gasteiger partial charge in [0.15, 0.2) is 0 Å². The number of nitrogens with zero attached hydrogens (tertiary/aromatic N) is 2. The van der Waals surface area contributed by atoms with Crippen LogP contribution in [0.1, 0.15) is 40.9 Å². The number of imidazole rings is 1. The Morgan fingerprint density at radius 1 is 1.43 bits per heavy atom. The fraction of sp³-hybridized carbons (Fsp3) is 0.421. The monoisotopic (exact) mass is 412 g/mol. The Morgan fingerprint density at radius 3 is 2.87 bits per heavy atom. The van der Waals surface area contributed by atoms with Crippen molar-refractivity contribution in [2.45, 2.75) is 36.7 Å². The van der Waals surface area contributed by atoms with E-state index in [0.29, 0.717) is 5.69 Å². The molecule has 156 valence electrons. The number of nitrogens with one attached hydrogen (secondary N) is 1. The van der Waals surface area contributed by atoms with Gasteiger partial charge in [-0.1, -0.05) is 6.07 Å². The molecule has 0 radical (unpaired) electrons. The van der Waals surface area contributed by atoms with E-state index < -0.39 is 18.6 Å². The van der Waals surface area contributed by atoms with Crippen LogP contribution in [-0.2, 0) is 10.3 Å². The lowest BCUT2D eigenvalue weighted by molar-refractivity contribution is -0.145. The van der Waals surface area contributed by atoms with Crippen LogP contribution < -0.4 is 15.1 Å². The van der Waals surface area contributed by atoms with E-state index in [1.54, 1.807) is 24.0 Å². The van der Waals surface area contributed by atoms with E-state index in [0.717, 1.165) is 12.0 Å². The third-order valence-electron chi connectivity index (χ3n) is 6.14. The van der Waals surface area contributed by atoms with Crippen molar-refractivity contribution in [3.05, 3.63) is 41.5 Å². The molecule has 0 spiro atoms. The molecule has 1 saturated heterocycles. The summed E-state index contributed by atoms with van der Waals surface area (Å²) >= 11 is 0. The lowest BCUT2D eigenvalue weighted by Crippen LogP contribution is -2.62. The maximum Gasteiger partial charge on any atom is 0.526 e. The number of carbonyl (C=O) groups excluding carboxylic acids is 1. The minimum Gasteiger partial charge on any atom is -0.535 e. The SMILES string of the molecule is CC(N)(C(=O)N1CC(Oc2ccc3c(c2C(=O)O)OB(O)C2CC32)C1)c1cnc[nH]1. The summed E-state index contributed by atoms with van der Waals surface area (Å²) in [5.74, 6) is -0.980. The van der Waals surface area contributed by atoms with Crippen LogP contribution in [0.2, 0.25) is 5.82 Å². The smallest absolute Gasteiger partial charge is 0.526 e. The predicted octanol–water partition coefficient (Wildman–Crippen LogP) is 0.302. The summed E-state index contributed by atoms with van der Waals surface area (Å²) in [5.41, 5.74) is 6.14. The molecule has 1 aromatic heterocycles. The first-order valence-corrected chi connectivity index (χ1v) is 9.76. The molecule has 1 aromatic carbocycles. The van der Waals surface area contributed by atoms with Crippen molar-refractivity contribution in [1.29, 1.82) is 0 Å². The number of benzene rings is 1. The summed E-state index contributed by atoms with van der Waals surface area (Å²) in [7, 11) is -1.00. The van der Waals surface area contributed by atoms with Crippen molar-refractivity contribution in [1.82, 2.24) is 14.9 Å². The van der Waals surface area contributed by atoms with Crippen LogP contribution >= 0.6 is 0 Å². The number of aromatic nitrogens is 2. The van der Waals surface area contributed by atoms with Gasteiger partial charge in [-0.2, -0.15) is 0 Å². The largest absolute Gasteiger partial charge is 0.535 e. The number of H-pyrrole nitrogens is 1. The minimum absolute atomic E-state index is 0.0255. The Kier molecular flexibility index (Phi) is 4.09. The average molecular weight is 412 g/mol. The number of hydrogen-bond donors (Lipinski definition) is 4. The van der Waals surface area contributed by atoms with Crippen molar-refractivity contribution >= 4 is 19.0 Å². The zero-order chi connectivity index (χ0) is 21.2. The van der Waals surface area contributed by atoms with Gasteiger partial charge in [0.1, 0.15) is 28.7 Å². The summed E-state index contributed by atoms with van der Waals surface area (Å²) in [6.07, 6.45) is 3.38. The molecule has 11 heteroatoms. The molecule has 5 rings (SSSR count). The molecule has 5 N–H and O–H groups in total. The number of amides is 1. The number of aromatic carboxylic acids is 1. The zero-order valence-corrected chi connectivity index (χ0v) is 16.2. The van der Waals surface area contributed by atoms with E-state index in [1.165, 1.54) is 12.5 Å². The van der Waals surface area contributed by atoms with Crippen LogP contribution in [-0.4, -0.2) is 63.2 Å². The highest BCUT2D eigenvalue weighted by Crippen LogP contribution is 2.60. The Labute approximate surface area is 172 Å². The highest BCUT2D eigenvalue weighted by molar-refractivity contribution is 6.48. The van der Waals surface area contributed by atoms with Crippen LogP contribution in [0.3, 0.4) is 0 Å². The molecule has 0 bridgehead atoms. The molecule has 1 amide bonds. The number of carbonyl (C=O) groups is 2. The predicted molar refractivity (Wildman–Crippen MR) is 104 cm³/mol. The number of carboxylic acid groups (broad SMARTS) is 1. The van der Waals surface area contributed by atoms with Crippen molar-refractivity contribution in [3.63, 3.8) is 0 Å². The number of rotatable bonds is 5. The van der Waals surface area contributed by atoms with E-state index in [9.17, 15) is 19.7 Å². The second-order valence-corrected chi connectivity index (χ2v) is 8.29. The normalized spacial score (nSPS) is 24.1. The van der Waals surface area contributed by atoms with Gasteiger partial charge in [-0.3, -0.25) is 4.79 Å². The number of fused-ring (bicyclic) bond motifs is 3. The molecule has 3 heterocycles. The number of hydrogen-bond acceptors (Lipinski definition) is 7. The molecule has 10 nitrogen and oxygen atoms in total. The van der Waals surface area contributed by atoms with Crippen molar-refractivity contribution in [2.24, 2.45) is 5.73 Å². The molecular formula is C19H21BN4O6. The number of nitrogens with two attached hydrogens (primary N) is 1. The molecule has 3 atom stereocenters. The molecule has 2 aliphatic heterocycles. The van der Waals surface area contributed by atoms with E-state index in [-0.39, 0.29) is 53.9 Å². The topological polar surface area (TPSA) is 151 Å². The molecule has 1 aliphatic carbocycles. The first-order chi connectivity index (χ1) is 14.3. The Morgan fingerprint density at radius 2 is 2.20 bits per heavy atom. The lowest BCUT2D eigenvalue weighted by atomic mass is 9.77. The minimum atomic E-state index is -1.25. The summed E-state index contributed by atoms with van der Waals surface area (Å²) in [6.45, 7) is 2.17. The highest BCUT2D eigenvalue weighted by atomic mass is 16.5. The lowest BCUT2D eigenvalue weighted by Gasteiger charge is -2.42. The van der Waals surface area contributed by atoms with E-state index in [4.69, 9.17) is 15.1 Å². The number of carboxylic acids is 1. The summed E-state index contributed by atoms with van der Waals surface area (Å²) in [5, 5.41) is 19.8. The Hall–Kier alpha value is -3.05. The molecule has 1 saturated carbocycles. The molecule has 3 unspecified atom stereocenters. The van der Waals surface area contributed by atoms with Crippen LogP contribution in [0.15, 0.2) is 24.7 Å². The second kappa shape index (κ2) is 6.48. The number of aromatic amines is 1. The van der Waals surface area contributed by atoms with Crippen molar-refractivity contribution in [2.75, 3.05) is 13.1 Å². The van der Waals surface area contributed by atoms with E-state index in [1.807, 2.05) is 0 Å². The number of ether oxygens (including phenoxy) is 1. The maximum atomic E-state index is 12.7. The molecule has 2 fully saturated rings. The molecule has 3 aliphatic rings. The fourth-order valence-electron chi connectivity index (χ4n) is 4.24. The van der Waals surface area contributed by atoms with Gasteiger partial charge in [0.25, 0.3) is 0 Å². The van der Waals surface area contributed by atoms with Gasteiger partial charge in [-0.05, 0) is 30.9 Å². The molecule has 30 heavy (non-hydrogen) atoms. The highest BCUT2D eigenvalue weighted by Gasteiger charge is 2.54. The van der Waals surface area contributed by atoms with Crippen LogP contribution in [0, 0.1) is 0 Å². The van der Waals surface area contributed by atoms with E-state index >= 15 is 0 Å². The van der Waals surface area contributed by atoms with Gasteiger partial charge in [0, 0.05) is 5.82 Å². The number of likely N-dealkylation sites (tertiary alicyclic amines) is 1. The van der Waals surface area contributed by atoms with Crippen molar-refractivity contribution in [3.8, 4) is 11.5 Å². The summed E-state index contributed by atoms with van der Waals surface area (Å²) < 4.78 is 11.4. The van der Waals surface area contributed by atoms with Gasteiger partial charge in [0.2, 0.25) is 5.91 Å². The maximum absolute atomic E-state index is 12.7. The third-order valence-corrected chi connectivity index (χ3v) is 6.14. The second-order valence-electron chi connectivity index (χ2n) is 8.29. The summed E-state index contributed by atoms with van der Waals surface area (Å²) in [6, 6.07) is 3.42. The van der Waals surface area contributed by atoms with Gasteiger partial charge in [-0.15, -0.1) is 0 Å². The molecule has 2 aromatic rings. The third kappa shape index (κ3) is 2.84. The van der Waals surface area contributed by atoms with Gasteiger partial charge < -0.3 is 35.1 Å². The van der Waals surface area contributed by atoms with Gasteiger partial charge in [-0.25, -0.2) is 9.78 Å². The Balaban J connectivity index is 1.31. The van der Waals surface area contributed by atoms with Gasteiger partial charge >= 0.3 is 13.1 Å².